The highest BCUT2D eigenvalue weighted by Crippen LogP contribution is 2.45. The largest absolute Gasteiger partial charge is 0.487 e. The number of fused-ring (bicyclic) bond motifs is 1. The van der Waals surface area contributed by atoms with Crippen molar-refractivity contribution in [3.05, 3.63) is 86.5 Å². The summed E-state index contributed by atoms with van der Waals surface area (Å²) in [5.74, 6) is 1.20. The fourth-order valence-electron chi connectivity index (χ4n) is 5.47. The number of sulfonamides is 1. The number of amides is 1. The van der Waals surface area contributed by atoms with E-state index in [-0.39, 0.29) is 10.5 Å². The van der Waals surface area contributed by atoms with E-state index < -0.39 is 16.1 Å². The van der Waals surface area contributed by atoms with Crippen LogP contribution in [0.3, 0.4) is 0 Å². The lowest BCUT2D eigenvalue weighted by Gasteiger charge is -2.38. The summed E-state index contributed by atoms with van der Waals surface area (Å²) in [7, 11) is -4.11. The fraction of sp³-hybridized carbons (Fsp3) is 0.472. The number of nitrogens with one attached hydrogen (secondary N) is 1. The molecule has 1 unspecified atom stereocenters. The average Bonchev–Trinajstić information content (AvgIpc) is 2.94. The van der Waals surface area contributed by atoms with Crippen LogP contribution in [-0.2, 0) is 16.4 Å². The van der Waals surface area contributed by atoms with Crippen molar-refractivity contribution in [3.63, 3.8) is 0 Å². The van der Waals surface area contributed by atoms with Crippen LogP contribution in [0.15, 0.2) is 64.1 Å². The lowest BCUT2D eigenvalue weighted by atomic mass is 9.85. The quantitative estimate of drug-likeness (QED) is 0.233. The summed E-state index contributed by atoms with van der Waals surface area (Å²) in [5.41, 5.74) is 7.33. The molecule has 1 heterocycles. The van der Waals surface area contributed by atoms with Gasteiger partial charge in [-0.05, 0) is 148 Å². The Morgan fingerprint density at radius 1 is 0.932 bits per heavy atom. The molecule has 0 radical (unpaired) electrons. The number of ether oxygens (including phenoxy) is 2. The maximum Gasteiger partial charge on any atom is 0.426 e. The zero-order valence-corrected chi connectivity index (χ0v) is 29.1. The lowest BCUT2D eigenvalue weighted by molar-refractivity contribution is 0.0558. The van der Waals surface area contributed by atoms with E-state index in [2.05, 4.69) is 52.8 Å². The highest BCUT2D eigenvalue weighted by atomic mass is 35.5. The van der Waals surface area contributed by atoms with Gasteiger partial charge in [0.15, 0.2) is 0 Å². The summed E-state index contributed by atoms with van der Waals surface area (Å²) in [5, 5.41) is 0.395. The van der Waals surface area contributed by atoms with Crippen molar-refractivity contribution in [3.8, 4) is 11.5 Å². The highest BCUT2D eigenvalue weighted by Gasteiger charge is 2.34. The van der Waals surface area contributed by atoms with Crippen LogP contribution >= 0.6 is 11.6 Å². The van der Waals surface area contributed by atoms with Crippen LogP contribution in [-0.4, -0.2) is 20.1 Å². The number of carbonyl (C=O) groups excluding carboxylic acids is 1. The Morgan fingerprint density at radius 3 is 2.14 bits per heavy atom. The number of allylic oxidation sites excluding steroid dienone is 6. The van der Waals surface area contributed by atoms with Crippen molar-refractivity contribution in [2.75, 3.05) is 0 Å². The number of carbonyl (C=O) groups is 1. The molecular formula is C36H48ClNO5S. The van der Waals surface area contributed by atoms with Crippen molar-refractivity contribution in [2.45, 2.75) is 117 Å². The van der Waals surface area contributed by atoms with Crippen LogP contribution in [0.1, 0.15) is 102 Å². The van der Waals surface area contributed by atoms with Crippen LogP contribution in [0.2, 0.25) is 5.02 Å². The lowest BCUT2D eigenvalue weighted by Crippen LogP contribution is -2.37. The summed E-state index contributed by atoms with van der Waals surface area (Å²) in [4.78, 5) is 12.6. The van der Waals surface area contributed by atoms with Gasteiger partial charge in [-0.15, -0.1) is 0 Å². The minimum Gasteiger partial charge on any atom is -0.487 e. The first kappa shape index (κ1) is 35.4. The van der Waals surface area contributed by atoms with Gasteiger partial charge >= 0.3 is 6.09 Å². The van der Waals surface area contributed by atoms with Gasteiger partial charge in [0.25, 0.3) is 10.0 Å². The highest BCUT2D eigenvalue weighted by molar-refractivity contribution is 7.90. The van der Waals surface area contributed by atoms with Crippen LogP contribution in [0, 0.1) is 20.8 Å². The molecule has 2 aromatic rings. The summed E-state index contributed by atoms with van der Waals surface area (Å²) >= 11 is 5.86. The molecule has 1 amide bonds. The SMILES string of the molecule is CC(C)=CCCC(C)=CCCC(C)=CCCC1(C)CCc2c(C)c(OC(=O)NS(=O)(=O)c3ccc(Cl)cc3)c(C)c(C)c2O1. The molecule has 240 valence electrons. The van der Waals surface area contributed by atoms with Gasteiger partial charge in [0.2, 0.25) is 0 Å². The van der Waals surface area contributed by atoms with Gasteiger partial charge in [0, 0.05) is 10.6 Å². The number of rotatable bonds is 12. The fourth-order valence-corrected chi connectivity index (χ4v) is 6.47. The van der Waals surface area contributed by atoms with Crippen LogP contribution in [0.25, 0.3) is 0 Å². The molecule has 1 N–H and O–H groups in total. The Balaban J connectivity index is 1.62. The molecule has 3 rings (SSSR count). The Labute approximate surface area is 269 Å². The molecule has 2 aromatic carbocycles. The van der Waals surface area contributed by atoms with Crippen molar-refractivity contribution in [1.29, 1.82) is 0 Å². The Bertz CT molecular complexity index is 1550. The molecule has 44 heavy (non-hydrogen) atoms. The maximum absolute atomic E-state index is 12.7. The molecule has 0 bridgehead atoms. The van der Waals surface area contributed by atoms with E-state index in [1.165, 1.54) is 41.0 Å². The summed E-state index contributed by atoms with van der Waals surface area (Å²) in [6.07, 6.45) is 13.8. The smallest absolute Gasteiger partial charge is 0.426 e. The van der Waals surface area contributed by atoms with E-state index in [1.54, 1.807) is 0 Å². The first-order valence-corrected chi connectivity index (χ1v) is 17.2. The van der Waals surface area contributed by atoms with Crippen LogP contribution in [0.5, 0.6) is 11.5 Å². The third-order valence-corrected chi connectivity index (χ3v) is 9.97. The van der Waals surface area contributed by atoms with Gasteiger partial charge in [-0.3, -0.25) is 0 Å². The van der Waals surface area contributed by atoms with Gasteiger partial charge < -0.3 is 9.47 Å². The van der Waals surface area contributed by atoms with Crippen molar-refractivity contribution in [1.82, 2.24) is 4.72 Å². The Hall–Kier alpha value is -3.03. The molecule has 0 saturated heterocycles. The molecular weight excluding hydrogens is 594 g/mol. The number of hydrogen-bond donors (Lipinski definition) is 1. The molecule has 1 aliphatic heterocycles. The first-order valence-electron chi connectivity index (χ1n) is 15.4. The Kier molecular flexibility index (Phi) is 12.3. The third kappa shape index (κ3) is 9.73. The second kappa shape index (κ2) is 15.3. The molecule has 0 saturated carbocycles. The second-order valence-corrected chi connectivity index (χ2v) is 14.6. The molecule has 0 spiro atoms. The Morgan fingerprint density at radius 2 is 1.52 bits per heavy atom. The predicted molar refractivity (Wildman–Crippen MR) is 180 cm³/mol. The van der Waals surface area contributed by atoms with E-state index in [0.717, 1.165) is 79.4 Å². The molecule has 1 aliphatic rings. The third-order valence-electron chi connectivity index (χ3n) is 8.39. The van der Waals surface area contributed by atoms with E-state index >= 15 is 0 Å². The van der Waals surface area contributed by atoms with Crippen LogP contribution < -0.4 is 14.2 Å². The summed E-state index contributed by atoms with van der Waals surface area (Å²) in [6.45, 7) is 16.6. The number of benzene rings is 2. The predicted octanol–water partition coefficient (Wildman–Crippen LogP) is 10.0. The molecule has 6 nitrogen and oxygen atoms in total. The standard InChI is InChI=1S/C36H48ClNO5S/c1-24(2)12-9-13-25(3)14-10-15-26(4)16-11-22-36(8)23-21-32-29(7)33(27(5)28(6)34(32)43-36)42-35(39)38-44(40,41)31-19-17-30(37)18-20-31/h12,14,16-20H,9-11,13,15,21-23H2,1-8H3,(H,38,39). The average molecular weight is 642 g/mol. The van der Waals surface area contributed by atoms with Gasteiger partial charge in [-0.25, -0.2) is 17.9 Å². The number of hydrogen-bond acceptors (Lipinski definition) is 5. The summed E-state index contributed by atoms with van der Waals surface area (Å²) in [6, 6.07) is 5.55. The first-order chi connectivity index (χ1) is 20.6. The minimum atomic E-state index is -4.11. The van der Waals surface area contributed by atoms with Gasteiger partial charge in [0.1, 0.15) is 17.1 Å². The normalized spacial score (nSPS) is 17.0. The zero-order chi connectivity index (χ0) is 32.7. The van der Waals surface area contributed by atoms with E-state index in [4.69, 9.17) is 21.1 Å². The monoisotopic (exact) mass is 641 g/mol. The molecule has 8 heteroatoms. The topological polar surface area (TPSA) is 81.7 Å². The van der Waals surface area contributed by atoms with E-state index in [0.29, 0.717) is 10.8 Å². The van der Waals surface area contributed by atoms with Crippen molar-refractivity contribution >= 4 is 27.7 Å². The second-order valence-electron chi connectivity index (χ2n) is 12.5. The van der Waals surface area contributed by atoms with Gasteiger partial charge in [-0.2, -0.15) is 0 Å². The van der Waals surface area contributed by atoms with Crippen LogP contribution in [0.4, 0.5) is 4.79 Å². The molecule has 1 atom stereocenters. The molecule has 0 aromatic heterocycles. The summed E-state index contributed by atoms with van der Waals surface area (Å²) < 4.78 is 39.6. The zero-order valence-electron chi connectivity index (χ0n) is 27.5. The molecule has 0 aliphatic carbocycles. The number of halogens is 1. The molecule has 0 fully saturated rings. The van der Waals surface area contributed by atoms with E-state index in [9.17, 15) is 13.2 Å². The van der Waals surface area contributed by atoms with Gasteiger partial charge in [0.05, 0.1) is 4.90 Å². The minimum absolute atomic E-state index is 0.0794. The van der Waals surface area contributed by atoms with Crippen molar-refractivity contribution < 1.29 is 22.7 Å². The van der Waals surface area contributed by atoms with E-state index in [1.807, 2.05) is 25.5 Å². The van der Waals surface area contributed by atoms with Gasteiger partial charge in [-0.1, -0.05) is 46.5 Å². The maximum atomic E-state index is 12.7. The van der Waals surface area contributed by atoms with Crippen molar-refractivity contribution in [2.24, 2.45) is 0 Å².